The number of nitrogens with zero attached hydrogens (tertiary/aromatic N) is 9. The summed E-state index contributed by atoms with van der Waals surface area (Å²) in [4.78, 5) is 78.0. The number of ether oxygens (including phenoxy) is 5. The summed E-state index contributed by atoms with van der Waals surface area (Å²) in [5.41, 5.74) is 16.5. The van der Waals surface area contributed by atoms with Crippen LogP contribution in [-0.2, 0) is 50.0 Å². The van der Waals surface area contributed by atoms with E-state index in [1.165, 1.54) is 0 Å². The molecule has 22 heteroatoms. The first-order valence-corrected chi connectivity index (χ1v) is 23.8. The first kappa shape index (κ1) is 51.7. The number of rotatable bonds is 26. The fourth-order valence-electron chi connectivity index (χ4n) is 8.23. The number of nitrogens with one attached hydrogen (secondary N) is 1. The van der Waals surface area contributed by atoms with Crippen LogP contribution in [0.2, 0.25) is 0 Å². The molecule has 0 aliphatic heterocycles. The SMILES string of the molecule is CCOC(=O)CCCC(=O)OCCCOc1cc(C(N)=O)cc2c3cnc(-c4cc(C)nn4CC)nc3n(C/C=C/Cn3c(NC(=O)c4cc(C)nn4CC)nc4cc(C(N)=O)cc(OCCCOC)c43)c12. The number of nitrogens with two attached hydrogens (primary N) is 2. The zero-order valence-corrected chi connectivity index (χ0v) is 41.4. The number of hydrogen-bond acceptors (Lipinski definition) is 15. The summed E-state index contributed by atoms with van der Waals surface area (Å²) in [6, 6.07) is 9.97. The Morgan fingerprint density at radius 3 is 1.97 bits per heavy atom. The molecule has 2 aromatic carbocycles. The summed E-state index contributed by atoms with van der Waals surface area (Å²) in [6.45, 7) is 11.8. The van der Waals surface area contributed by atoms with Gasteiger partial charge >= 0.3 is 11.9 Å². The van der Waals surface area contributed by atoms with E-state index in [1.54, 1.807) is 66.7 Å². The van der Waals surface area contributed by atoms with Gasteiger partial charge in [-0.05, 0) is 77.4 Å². The van der Waals surface area contributed by atoms with E-state index in [0.29, 0.717) is 106 Å². The van der Waals surface area contributed by atoms with Gasteiger partial charge in [0.2, 0.25) is 17.8 Å². The number of imidazole rings is 1. The van der Waals surface area contributed by atoms with Crippen LogP contribution >= 0.6 is 0 Å². The van der Waals surface area contributed by atoms with E-state index < -0.39 is 23.7 Å². The van der Waals surface area contributed by atoms with Crippen molar-refractivity contribution in [3.05, 3.63) is 83.0 Å². The number of aryl methyl sites for hydroxylation is 4. The molecule has 22 nitrogen and oxygen atoms in total. The highest BCUT2D eigenvalue weighted by atomic mass is 16.5. The topological polar surface area (TPSA) is 280 Å². The van der Waals surface area contributed by atoms with Gasteiger partial charge in [-0.15, -0.1) is 0 Å². The maximum absolute atomic E-state index is 13.9. The van der Waals surface area contributed by atoms with Crippen LogP contribution in [0.5, 0.6) is 11.5 Å². The van der Waals surface area contributed by atoms with E-state index in [4.69, 9.17) is 50.1 Å². The van der Waals surface area contributed by atoms with Crippen molar-refractivity contribution in [1.82, 2.24) is 43.6 Å². The zero-order chi connectivity index (χ0) is 51.5. The lowest BCUT2D eigenvalue weighted by Crippen LogP contribution is -2.20. The van der Waals surface area contributed by atoms with Crippen molar-refractivity contribution < 1.29 is 47.7 Å². The molecule has 0 aliphatic carbocycles. The van der Waals surface area contributed by atoms with Crippen LogP contribution in [0.1, 0.15) is 95.5 Å². The average Bonchev–Trinajstić information content (AvgIpc) is 4.12. The van der Waals surface area contributed by atoms with Crippen LogP contribution in [-0.4, -0.2) is 113 Å². The highest BCUT2D eigenvalue weighted by Crippen LogP contribution is 2.37. The van der Waals surface area contributed by atoms with Crippen LogP contribution in [0.4, 0.5) is 5.95 Å². The minimum absolute atomic E-state index is 0.0546. The molecule has 0 fully saturated rings. The van der Waals surface area contributed by atoms with Gasteiger partial charge in [0.15, 0.2) is 5.82 Å². The van der Waals surface area contributed by atoms with Gasteiger partial charge in [0.05, 0.1) is 48.8 Å². The normalized spacial score (nSPS) is 11.5. The molecule has 0 radical (unpaired) electrons. The van der Waals surface area contributed by atoms with Gasteiger partial charge in [-0.25, -0.2) is 15.0 Å². The number of carbonyl (C=O) groups excluding carboxylic acids is 5. The summed E-state index contributed by atoms with van der Waals surface area (Å²) in [5, 5.41) is 13.2. The number of amides is 3. The van der Waals surface area contributed by atoms with Crippen LogP contribution < -0.4 is 26.3 Å². The Morgan fingerprint density at radius 1 is 0.681 bits per heavy atom. The first-order valence-electron chi connectivity index (χ1n) is 23.8. The number of hydrogen-bond donors (Lipinski definition) is 3. The second-order valence-corrected chi connectivity index (χ2v) is 16.7. The summed E-state index contributed by atoms with van der Waals surface area (Å²) in [5.74, 6) is -1.34. The Kier molecular flexibility index (Phi) is 17.0. The summed E-state index contributed by atoms with van der Waals surface area (Å²) < 4.78 is 35.3. The first-order chi connectivity index (χ1) is 34.7. The minimum Gasteiger partial charge on any atom is -0.491 e. The lowest BCUT2D eigenvalue weighted by molar-refractivity contribution is -0.145. The second kappa shape index (κ2) is 23.6. The standard InChI is InChI=1S/C50H60N12O10/c1-7-61-37(23-30(4)57-61)47-53-29-35-34-25-32(45(51)65)27-39(70-21-14-22-72-42(64)16-12-15-41(63)69-9-3)43(34)59(48(35)55-47)17-10-11-18-60-44-36(26-33(46(52)66)28-40(44)71-20-13-19-68-6)54-50(60)56-49(67)38-24-31(5)58-62(38)8-2/h10-11,23-29H,7-9,12-22H2,1-6H3,(H2,51,65)(H2,52,66)(H,54,56,67)/b11-10+. The molecular weight excluding hydrogens is 929 g/mol. The number of anilines is 1. The molecule has 0 saturated heterocycles. The van der Waals surface area contributed by atoms with Gasteiger partial charge in [0.1, 0.15) is 34.1 Å². The lowest BCUT2D eigenvalue weighted by Gasteiger charge is -2.13. The monoisotopic (exact) mass is 988 g/mol. The molecule has 0 bridgehead atoms. The molecular formula is C50H60N12O10. The van der Waals surface area contributed by atoms with Gasteiger partial charge in [-0.1, -0.05) is 12.2 Å². The van der Waals surface area contributed by atoms with Crippen LogP contribution in [0, 0.1) is 13.8 Å². The predicted octanol–water partition coefficient (Wildman–Crippen LogP) is 5.82. The van der Waals surface area contributed by atoms with Crippen molar-refractivity contribution in [3.8, 4) is 23.0 Å². The van der Waals surface area contributed by atoms with Gasteiger partial charge in [0, 0.05) is 93.7 Å². The maximum atomic E-state index is 13.9. The number of primary amides is 2. The maximum Gasteiger partial charge on any atom is 0.305 e. The minimum atomic E-state index is -0.678. The zero-order valence-electron chi connectivity index (χ0n) is 41.4. The Hall–Kier alpha value is -8.14. The molecule has 0 aliphatic rings. The molecule has 0 atom stereocenters. The van der Waals surface area contributed by atoms with Crippen molar-refractivity contribution in [2.45, 2.75) is 92.9 Å². The molecule has 380 valence electrons. The fraction of sp³-hybridized carbons (Fsp3) is 0.400. The number of benzene rings is 2. The molecule has 3 amide bonds. The lowest BCUT2D eigenvalue weighted by atomic mass is 10.1. The van der Waals surface area contributed by atoms with Crippen molar-refractivity contribution in [2.75, 3.05) is 45.5 Å². The molecule has 5 heterocycles. The van der Waals surface area contributed by atoms with Crippen molar-refractivity contribution >= 4 is 68.6 Å². The van der Waals surface area contributed by atoms with Gasteiger partial charge in [-0.2, -0.15) is 10.2 Å². The summed E-state index contributed by atoms with van der Waals surface area (Å²) in [7, 11) is 1.59. The molecule has 7 aromatic rings. The van der Waals surface area contributed by atoms with Crippen molar-refractivity contribution in [2.24, 2.45) is 11.5 Å². The fourth-order valence-corrected chi connectivity index (χ4v) is 8.23. The van der Waals surface area contributed by atoms with Crippen LogP contribution in [0.3, 0.4) is 0 Å². The molecule has 0 unspecified atom stereocenters. The largest absolute Gasteiger partial charge is 0.491 e. The molecule has 5 N–H and O–H groups in total. The Balaban J connectivity index is 1.26. The van der Waals surface area contributed by atoms with Crippen molar-refractivity contribution in [3.63, 3.8) is 0 Å². The quantitative estimate of drug-likeness (QED) is 0.0328. The number of fused-ring (bicyclic) bond motifs is 4. The van der Waals surface area contributed by atoms with E-state index in [2.05, 4.69) is 15.5 Å². The number of carbonyl (C=O) groups is 5. The van der Waals surface area contributed by atoms with E-state index in [9.17, 15) is 24.0 Å². The third-order valence-electron chi connectivity index (χ3n) is 11.5. The highest BCUT2D eigenvalue weighted by Gasteiger charge is 2.24. The molecule has 0 spiro atoms. The van der Waals surface area contributed by atoms with E-state index in [0.717, 1.165) is 5.69 Å². The van der Waals surface area contributed by atoms with E-state index in [1.807, 2.05) is 48.2 Å². The summed E-state index contributed by atoms with van der Waals surface area (Å²) >= 11 is 0. The van der Waals surface area contributed by atoms with Crippen LogP contribution in [0.25, 0.3) is 44.5 Å². The third-order valence-corrected chi connectivity index (χ3v) is 11.5. The molecule has 72 heavy (non-hydrogen) atoms. The second-order valence-electron chi connectivity index (χ2n) is 16.7. The third kappa shape index (κ3) is 11.9. The number of methoxy groups -OCH3 is 1. The average molecular weight is 989 g/mol. The Labute approximate surface area is 414 Å². The van der Waals surface area contributed by atoms with E-state index in [-0.39, 0.29) is 75.4 Å². The van der Waals surface area contributed by atoms with Gasteiger partial charge < -0.3 is 44.3 Å². The van der Waals surface area contributed by atoms with Gasteiger partial charge in [-0.3, -0.25) is 38.7 Å². The predicted molar refractivity (Wildman–Crippen MR) is 267 cm³/mol. The Bertz CT molecular complexity index is 3160. The van der Waals surface area contributed by atoms with E-state index >= 15 is 0 Å². The Morgan fingerprint density at radius 2 is 1.31 bits per heavy atom. The molecule has 0 saturated carbocycles. The molecule has 7 rings (SSSR count). The number of allylic oxidation sites excluding steroid dienone is 2. The smallest absolute Gasteiger partial charge is 0.305 e. The van der Waals surface area contributed by atoms with Crippen LogP contribution in [0.15, 0.2) is 54.7 Å². The number of esters is 2. The van der Waals surface area contributed by atoms with Gasteiger partial charge in [0.25, 0.3) is 5.91 Å². The number of aromatic nitrogens is 9. The molecule has 5 aromatic heterocycles. The van der Waals surface area contributed by atoms with Crippen molar-refractivity contribution in [1.29, 1.82) is 0 Å². The summed E-state index contributed by atoms with van der Waals surface area (Å²) in [6.07, 6.45) is 6.86. The highest BCUT2D eigenvalue weighted by molar-refractivity contribution is 6.12.